The molecule has 0 unspecified atom stereocenters. The van der Waals surface area contributed by atoms with Gasteiger partial charge in [0.1, 0.15) is 0 Å². The summed E-state index contributed by atoms with van der Waals surface area (Å²) in [5.74, 6) is 0. The monoisotopic (exact) mass is 439 g/mol. The minimum absolute atomic E-state index is 0. The van der Waals surface area contributed by atoms with Crippen LogP contribution in [-0.4, -0.2) is 14.5 Å². The van der Waals surface area contributed by atoms with Gasteiger partial charge in [0, 0.05) is 0 Å². The Kier molecular flexibility index (Phi) is 13.7. The Morgan fingerprint density at radius 1 is 0.846 bits per heavy atom. The van der Waals surface area contributed by atoms with E-state index in [9.17, 15) is 0 Å². The first kappa shape index (κ1) is 27.7. The first-order chi connectivity index (χ1) is 10.9. The van der Waals surface area contributed by atoms with E-state index in [0.717, 1.165) is 0 Å². The average molecular weight is 440 g/mol. The van der Waals surface area contributed by atoms with E-state index in [-0.39, 0.29) is 52.1 Å². The van der Waals surface area contributed by atoms with Crippen molar-refractivity contribution >= 4 is 19.7 Å². The summed E-state index contributed by atoms with van der Waals surface area (Å²) in [5.41, 5.74) is 2.82. The molecule has 138 valence electrons. The molecule has 0 N–H and O–H groups in total. The fourth-order valence-electron chi connectivity index (χ4n) is 2.79. The van der Waals surface area contributed by atoms with Crippen molar-refractivity contribution in [1.29, 1.82) is 0 Å². The normalized spacial score (nSPS) is 10.1. The van der Waals surface area contributed by atoms with Crippen LogP contribution in [0.15, 0.2) is 66.7 Å². The predicted molar refractivity (Wildman–Crippen MR) is 107 cm³/mol. The molecule has 3 aromatic rings. The minimum Gasteiger partial charge on any atom is -1.00 e. The van der Waals surface area contributed by atoms with Crippen LogP contribution in [0.1, 0.15) is 20.8 Å². The summed E-state index contributed by atoms with van der Waals surface area (Å²) in [6.45, 7) is 10.9. The third kappa shape index (κ3) is 8.94. The zero-order chi connectivity index (χ0) is 16.9. The molecule has 0 saturated heterocycles. The van der Waals surface area contributed by atoms with Crippen molar-refractivity contribution in [1.82, 2.24) is 0 Å². The zero-order valence-corrected chi connectivity index (χ0v) is 20.4. The summed E-state index contributed by atoms with van der Waals surface area (Å²) in [5, 5.41) is 2.65. The van der Waals surface area contributed by atoms with Crippen LogP contribution in [0.25, 0.3) is 26.9 Å². The van der Waals surface area contributed by atoms with Gasteiger partial charge in [-0.25, -0.2) is 0 Å². The largest absolute Gasteiger partial charge is 4.00 e. The summed E-state index contributed by atoms with van der Waals surface area (Å²) >= 11 is 0. The summed E-state index contributed by atoms with van der Waals surface area (Å²) in [4.78, 5) is 4.55. The van der Waals surface area contributed by atoms with Gasteiger partial charge in [-0.3, -0.25) is 0 Å². The summed E-state index contributed by atoms with van der Waals surface area (Å²) < 4.78 is 0. The SMILES string of the molecule is C[SiH](C)[N-]C(C)(C)C.[Cl-].[Cl-].[Ti+4].c1ccc(-c2c[cH-]c3ccccc23)cc1. The standard InChI is InChI=1S/C15H11.C6H16NSi.2ClH.Ti/c1-2-6-12(7-3-1)15-11-10-13-8-4-5-9-14(13)15;1-6(2,3)7-8(4)5;;;/h1-11H;8H,1-5H3;2*1H;/q2*-1;;;+4/p-2. The van der Waals surface area contributed by atoms with Crippen LogP contribution in [0, 0.1) is 0 Å². The number of benzene rings is 2. The van der Waals surface area contributed by atoms with Crippen LogP contribution in [0.5, 0.6) is 0 Å². The first-order valence-electron chi connectivity index (χ1n) is 8.29. The molecule has 0 atom stereocenters. The molecule has 0 fully saturated rings. The molecular weight excluding hydrogens is 413 g/mol. The quantitative estimate of drug-likeness (QED) is 0.404. The Morgan fingerprint density at radius 3 is 1.88 bits per heavy atom. The maximum Gasteiger partial charge on any atom is 4.00 e. The van der Waals surface area contributed by atoms with Crippen molar-refractivity contribution in [3.63, 3.8) is 0 Å². The van der Waals surface area contributed by atoms with Gasteiger partial charge in [0.05, 0.1) is 0 Å². The second-order valence-electron chi connectivity index (χ2n) is 7.09. The van der Waals surface area contributed by atoms with E-state index in [1.165, 1.54) is 21.9 Å². The number of hydrogen-bond donors (Lipinski definition) is 0. The van der Waals surface area contributed by atoms with Crippen molar-refractivity contribution in [3.05, 3.63) is 71.7 Å². The third-order valence-electron chi connectivity index (χ3n) is 3.41. The van der Waals surface area contributed by atoms with Crippen LogP contribution in [-0.2, 0) is 21.7 Å². The molecule has 0 saturated carbocycles. The van der Waals surface area contributed by atoms with E-state index < -0.39 is 8.96 Å². The van der Waals surface area contributed by atoms with Crippen LogP contribution >= 0.6 is 0 Å². The fraction of sp³-hybridized carbons (Fsp3) is 0.286. The molecule has 0 aromatic heterocycles. The number of rotatable bonds is 2. The Labute approximate surface area is 187 Å². The summed E-state index contributed by atoms with van der Waals surface area (Å²) in [6, 6.07) is 23.4. The van der Waals surface area contributed by atoms with E-state index in [4.69, 9.17) is 0 Å². The third-order valence-corrected chi connectivity index (χ3v) is 4.70. The van der Waals surface area contributed by atoms with Gasteiger partial charge in [-0.2, -0.15) is 0 Å². The smallest absolute Gasteiger partial charge is 1.00 e. The Hall–Kier alpha value is -0.479. The molecule has 0 spiro atoms. The second-order valence-corrected chi connectivity index (χ2v) is 9.54. The van der Waals surface area contributed by atoms with E-state index >= 15 is 0 Å². The molecule has 1 nitrogen and oxygen atoms in total. The molecule has 0 amide bonds. The Balaban J connectivity index is 0. The molecule has 0 aliphatic heterocycles. The van der Waals surface area contributed by atoms with E-state index in [1.54, 1.807) is 0 Å². The zero-order valence-electron chi connectivity index (χ0n) is 16.1. The van der Waals surface area contributed by atoms with Gasteiger partial charge in [0.15, 0.2) is 0 Å². The molecule has 26 heavy (non-hydrogen) atoms. The molecule has 0 heterocycles. The van der Waals surface area contributed by atoms with Crippen LogP contribution < -0.4 is 24.8 Å². The molecule has 0 aliphatic carbocycles. The van der Waals surface area contributed by atoms with Crippen molar-refractivity contribution < 1.29 is 46.5 Å². The average Bonchev–Trinajstić information content (AvgIpc) is 2.90. The van der Waals surface area contributed by atoms with Gasteiger partial charge >= 0.3 is 21.7 Å². The van der Waals surface area contributed by atoms with Crippen molar-refractivity contribution in [2.24, 2.45) is 0 Å². The number of nitrogens with zero attached hydrogens (tertiary/aromatic N) is 1. The van der Waals surface area contributed by atoms with E-state index in [1.807, 2.05) is 0 Å². The van der Waals surface area contributed by atoms with Gasteiger partial charge in [-0.1, -0.05) is 84.8 Å². The van der Waals surface area contributed by atoms with Crippen molar-refractivity contribution in [2.75, 3.05) is 0 Å². The summed E-state index contributed by atoms with van der Waals surface area (Å²) in [7, 11) is -0.671. The van der Waals surface area contributed by atoms with E-state index in [0.29, 0.717) is 0 Å². The maximum absolute atomic E-state index is 4.55. The molecule has 5 heteroatoms. The predicted octanol–water partition coefficient (Wildman–Crippen LogP) is 0.373. The fourth-order valence-corrected chi connectivity index (χ4v) is 4.34. The molecule has 3 rings (SSSR count). The number of fused-ring (bicyclic) bond motifs is 1. The van der Waals surface area contributed by atoms with Gasteiger partial charge < -0.3 is 29.8 Å². The summed E-state index contributed by atoms with van der Waals surface area (Å²) in [6.07, 6.45) is 0. The van der Waals surface area contributed by atoms with Crippen LogP contribution in [0.4, 0.5) is 0 Å². The number of halogens is 2. The topological polar surface area (TPSA) is 14.1 Å². The molecule has 3 aromatic carbocycles. The first-order valence-corrected chi connectivity index (χ1v) is 11.1. The Bertz CT molecular complexity index is 736. The molecule has 0 radical (unpaired) electrons. The van der Waals surface area contributed by atoms with Crippen molar-refractivity contribution in [3.8, 4) is 11.1 Å². The van der Waals surface area contributed by atoms with Crippen LogP contribution in [0.3, 0.4) is 0 Å². The van der Waals surface area contributed by atoms with E-state index in [2.05, 4.69) is 106 Å². The van der Waals surface area contributed by atoms with Gasteiger partial charge in [-0.05, 0) is 0 Å². The molecule has 0 bridgehead atoms. The van der Waals surface area contributed by atoms with Gasteiger partial charge in [0.2, 0.25) is 0 Å². The maximum atomic E-state index is 4.55. The van der Waals surface area contributed by atoms with Crippen molar-refractivity contribution in [2.45, 2.75) is 39.4 Å². The molecule has 0 aliphatic rings. The second kappa shape index (κ2) is 12.8. The minimum atomic E-state index is -0.671. The van der Waals surface area contributed by atoms with Crippen LogP contribution in [0.2, 0.25) is 13.1 Å². The van der Waals surface area contributed by atoms with Gasteiger partial charge in [-0.15, -0.1) is 52.2 Å². The molecular formula is C21H27Cl2NSiTi. The number of hydrogen-bond acceptors (Lipinski definition) is 0. The van der Waals surface area contributed by atoms with Gasteiger partial charge in [0.25, 0.3) is 0 Å². The Morgan fingerprint density at radius 2 is 1.38 bits per heavy atom.